The number of rotatable bonds is 2. The van der Waals surface area contributed by atoms with Gasteiger partial charge in [-0.25, -0.2) is 0 Å². The maximum Gasteiger partial charge on any atom is 0.231 e. The molecule has 0 fully saturated rings. The first-order valence-electron chi connectivity index (χ1n) is 7.15. The van der Waals surface area contributed by atoms with Crippen LogP contribution in [0.25, 0.3) is 0 Å². The van der Waals surface area contributed by atoms with Crippen molar-refractivity contribution in [2.24, 2.45) is 0 Å². The van der Waals surface area contributed by atoms with Crippen molar-refractivity contribution in [3.8, 4) is 17.2 Å². The highest BCUT2D eigenvalue weighted by Gasteiger charge is 2.22. The van der Waals surface area contributed by atoms with Crippen LogP contribution >= 0.6 is 0 Å². The molecule has 0 saturated heterocycles. The number of hydrogen-bond donors (Lipinski definition) is 1. The molecule has 4 heteroatoms. The van der Waals surface area contributed by atoms with Gasteiger partial charge in [0, 0.05) is 5.56 Å². The lowest BCUT2D eigenvalue weighted by molar-refractivity contribution is 0.173. The van der Waals surface area contributed by atoms with E-state index in [0.29, 0.717) is 12.4 Å². The number of fused-ring (bicyclic) bond motifs is 2. The molecule has 2 heterocycles. The van der Waals surface area contributed by atoms with Crippen molar-refractivity contribution in [2.75, 3.05) is 13.4 Å². The molecule has 1 unspecified atom stereocenters. The number of aryl methyl sites for hydroxylation is 1. The molecule has 21 heavy (non-hydrogen) atoms. The van der Waals surface area contributed by atoms with E-state index in [-0.39, 0.29) is 6.79 Å². The van der Waals surface area contributed by atoms with Crippen molar-refractivity contribution >= 4 is 0 Å². The van der Waals surface area contributed by atoms with Gasteiger partial charge in [-0.2, -0.15) is 0 Å². The minimum absolute atomic E-state index is 0.235. The Balaban J connectivity index is 1.73. The van der Waals surface area contributed by atoms with Crippen molar-refractivity contribution in [3.05, 3.63) is 53.1 Å². The Bertz CT molecular complexity index is 680. The lowest BCUT2D eigenvalue weighted by Gasteiger charge is -2.23. The zero-order valence-corrected chi connectivity index (χ0v) is 11.5. The molecule has 0 saturated carbocycles. The summed E-state index contributed by atoms with van der Waals surface area (Å²) < 4.78 is 16.4. The Morgan fingerprint density at radius 1 is 1.00 bits per heavy atom. The van der Waals surface area contributed by atoms with Gasteiger partial charge in [0.25, 0.3) is 0 Å². The topological polar surface area (TPSA) is 47.9 Å². The van der Waals surface area contributed by atoms with Crippen LogP contribution in [0.2, 0.25) is 0 Å². The number of aliphatic hydroxyl groups is 1. The fraction of sp³-hybridized carbons (Fsp3) is 0.294. The first-order valence-corrected chi connectivity index (χ1v) is 7.15. The third-order valence-corrected chi connectivity index (χ3v) is 3.97. The van der Waals surface area contributed by atoms with Gasteiger partial charge in [0.05, 0.1) is 6.61 Å². The van der Waals surface area contributed by atoms with E-state index in [4.69, 9.17) is 14.2 Å². The summed E-state index contributed by atoms with van der Waals surface area (Å²) in [5.74, 6) is 2.23. The zero-order chi connectivity index (χ0) is 14.2. The molecule has 4 nitrogen and oxygen atoms in total. The largest absolute Gasteiger partial charge is 0.493 e. The van der Waals surface area contributed by atoms with Crippen molar-refractivity contribution in [1.29, 1.82) is 0 Å². The molecule has 0 radical (unpaired) electrons. The molecule has 0 bridgehead atoms. The first-order chi connectivity index (χ1) is 10.3. The maximum atomic E-state index is 10.7. The van der Waals surface area contributed by atoms with Gasteiger partial charge in [-0.15, -0.1) is 0 Å². The molecule has 2 aliphatic heterocycles. The van der Waals surface area contributed by atoms with Gasteiger partial charge in [-0.1, -0.05) is 24.3 Å². The normalized spacial score (nSPS) is 17.0. The van der Waals surface area contributed by atoms with Gasteiger partial charge in [0.2, 0.25) is 6.79 Å². The summed E-state index contributed by atoms with van der Waals surface area (Å²) in [7, 11) is 0. The van der Waals surface area contributed by atoms with Crippen LogP contribution in [-0.2, 0) is 6.42 Å². The molecule has 0 aromatic heterocycles. The molecule has 1 N–H and O–H groups in total. The molecule has 4 rings (SSSR count). The van der Waals surface area contributed by atoms with E-state index in [1.54, 1.807) is 0 Å². The Morgan fingerprint density at radius 2 is 1.90 bits per heavy atom. The van der Waals surface area contributed by atoms with E-state index >= 15 is 0 Å². The summed E-state index contributed by atoms with van der Waals surface area (Å²) in [5, 5.41) is 10.7. The van der Waals surface area contributed by atoms with Gasteiger partial charge >= 0.3 is 0 Å². The number of ether oxygens (including phenoxy) is 3. The monoisotopic (exact) mass is 284 g/mol. The Labute approximate surface area is 122 Å². The second kappa shape index (κ2) is 4.97. The molecule has 2 aromatic rings. The molecular weight excluding hydrogens is 268 g/mol. The summed E-state index contributed by atoms with van der Waals surface area (Å²) in [6.07, 6.45) is 1.29. The molecule has 108 valence electrons. The van der Waals surface area contributed by atoms with Crippen molar-refractivity contribution in [2.45, 2.75) is 18.9 Å². The standard InChI is InChI=1S/C17H16O4/c18-16(12-6-7-14-15(9-12)21-10-20-14)13-5-1-3-11-4-2-8-19-17(11)13/h1,3,5-7,9,16,18H,2,4,8,10H2. The van der Waals surface area contributed by atoms with Crippen LogP contribution in [0.3, 0.4) is 0 Å². The Morgan fingerprint density at radius 3 is 2.86 bits per heavy atom. The van der Waals surface area contributed by atoms with E-state index in [0.717, 1.165) is 35.5 Å². The van der Waals surface area contributed by atoms with Crippen molar-refractivity contribution in [3.63, 3.8) is 0 Å². The lowest BCUT2D eigenvalue weighted by Crippen LogP contribution is -2.12. The number of para-hydroxylation sites is 1. The third kappa shape index (κ3) is 2.12. The summed E-state index contributed by atoms with van der Waals surface area (Å²) in [6.45, 7) is 0.941. The highest BCUT2D eigenvalue weighted by atomic mass is 16.7. The summed E-state index contributed by atoms with van der Waals surface area (Å²) in [4.78, 5) is 0. The first kappa shape index (κ1) is 12.5. The van der Waals surface area contributed by atoms with Crippen LogP contribution in [0.4, 0.5) is 0 Å². The van der Waals surface area contributed by atoms with Crippen LogP contribution < -0.4 is 14.2 Å². The lowest BCUT2D eigenvalue weighted by atomic mass is 9.95. The van der Waals surface area contributed by atoms with Crippen LogP contribution in [0.5, 0.6) is 17.2 Å². The minimum atomic E-state index is -0.729. The number of aliphatic hydroxyl groups excluding tert-OH is 1. The average Bonchev–Trinajstić information content (AvgIpc) is 3.01. The quantitative estimate of drug-likeness (QED) is 0.921. The van der Waals surface area contributed by atoms with Crippen LogP contribution in [0.1, 0.15) is 29.2 Å². The second-order valence-corrected chi connectivity index (χ2v) is 5.30. The fourth-order valence-electron chi connectivity index (χ4n) is 2.89. The van der Waals surface area contributed by atoms with Gasteiger partial charge in [-0.05, 0) is 36.1 Å². The molecule has 2 aliphatic rings. The molecule has 0 amide bonds. The van der Waals surface area contributed by atoms with Gasteiger partial charge in [-0.3, -0.25) is 0 Å². The summed E-state index contributed by atoms with van der Waals surface area (Å²) in [6, 6.07) is 11.5. The fourth-order valence-corrected chi connectivity index (χ4v) is 2.89. The van der Waals surface area contributed by atoms with E-state index < -0.39 is 6.10 Å². The van der Waals surface area contributed by atoms with E-state index in [1.165, 1.54) is 5.56 Å². The number of benzene rings is 2. The van der Waals surface area contributed by atoms with E-state index in [1.807, 2.05) is 30.3 Å². The molecular formula is C17H16O4. The zero-order valence-electron chi connectivity index (χ0n) is 11.5. The van der Waals surface area contributed by atoms with Crippen molar-refractivity contribution in [1.82, 2.24) is 0 Å². The highest BCUT2D eigenvalue weighted by Crippen LogP contribution is 2.39. The van der Waals surface area contributed by atoms with Gasteiger partial charge in [0.1, 0.15) is 11.9 Å². The van der Waals surface area contributed by atoms with E-state index in [2.05, 4.69) is 6.07 Å². The molecule has 2 aromatic carbocycles. The molecule has 0 spiro atoms. The predicted octanol–water partition coefficient (Wildman–Crippen LogP) is 2.82. The molecule has 1 atom stereocenters. The number of hydrogen-bond acceptors (Lipinski definition) is 4. The van der Waals surface area contributed by atoms with Gasteiger partial charge < -0.3 is 19.3 Å². The van der Waals surface area contributed by atoms with Crippen LogP contribution in [-0.4, -0.2) is 18.5 Å². The third-order valence-electron chi connectivity index (χ3n) is 3.97. The highest BCUT2D eigenvalue weighted by molar-refractivity contribution is 5.50. The summed E-state index contributed by atoms with van der Waals surface area (Å²) >= 11 is 0. The van der Waals surface area contributed by atoms with E-state index in [9.17, 15) is 5.11 Å². The van der Waals surface area contributed by atoms with Crippen LogP contribution in [0, 0.1) is 0 Å². The minimum Gasteiger partial charge on any atom is -0.493 e. The summed E-state index contributed by atoms with van der Waals surface area (Å²) in [5.41, 5.74) is 2.76. The second-order valence-electron chi connectivity index (χ2n) is 5.30. The maximum absolute atomic E-state index is 10.7. The Kier molecular flexibility index (Phi) is 2.97. The van der Waals surface area contributed by atoms with Crippen molar-refractivity contribution < 1.29 is 19.3 Å². The molecule has 0 aliphatic carbocycles. The Hall–Kier alpha value is -2.20. The SMILES string of the molecule is OC(c1ccc2c(c1)OCO2)c1cccc2c1OCCC2. The van der Waals surface area contributed by atoms with Crippen LogP contribution in [0.15, 0.2) is 36.4 Å². The average molecular weight is 284 g/mol. The van der Waals surface area contributed by atoms with Gasteiger partial charge in [0.15, 0.2) is 11.5 Å². The smallest absolute Gasteiger partial charge is 0.231 e. The predicted molar refractivity (Wildman–Crippen MR) is 76.9 cm³/mol.